The van der Waals surface area contributed by atoms with E-state index in [2.05, 4.69) is 18.5 Å². The predicted molar refractivity (Wildman–Crippen MR) is 64.0 cm³/mol. The van der Waals surface area contributed by atoms with Crippen molar-refractivity contribution in [2.45, 2.75) is 31.9 Å². The molecule has 0 aliphatic heterocycles. The maximum Gasteiger partial charge on any atom is 0.224 e. The molecular formula is C12H21NO3. The van der Waals surface area contributed by atoms with Crippen molar-refractivity contribution in [3.8, 4) is 0 Å². The predicted octanol–water partition coefficient (Wildman–Crippen LogP) is 1.63. The van der Waals surface area contributed by atoms with Gasteiger partial charge in [-0.1, -0.05) is 19.1 Å². The molecule has 0 saturated carbocycles. The normalized spacial score (nSPS) is 13.9. The third kappa shape index (κ3) is 5.68. The Hall–Kier alpha value is -1.13. The van der Waals surface area contributed by atoms with Gasteiger partial charge < -0.3 is 14.8 Å². The minimum Gasteiger partial charge on any atom is -0.359 e. The highest BCUT2D eigenvalue weighted by molar-refractivity contribution is 5.77. The first-order chi connectivity index (χ1) is 7.69. The van der Waals surface area contributed by atoms with Crippen molar-refractivity contribution in [1.29, 1.82) is 0 Å². The van der Waals surface area contributed by atoms with E-state index in [0.29, 0.717) is 6.42 Å². The molecule has 92 valence electrons. The van der Waals surface area contributed by atoms with Crippen molar-refractivity contribution in [2.24, 2.45) is 0 Å². The SMILES string of the molecule is C=CCC(=O)N[C@@H](C=C)[C@@H](CC)OCOC. The van der Waals surface area contributed by atoms with Crippen LogP contribution >= 0.6 is 0 Å². The van der Waals surface area contributed by atoms with Crippen LogP contribution in [0.4, 0.5) is 0 Å². The molecule has 16 heavy (non-hydrogen) atoms. The molecule has 1 amide bonds. The molecule has 0 spiro atoms. The molecule has 0 aliphatic carbocycles. The second-order valence-corrected chi connectivity index (χ2v) is 3.34. The summed E-state index contributed by atoms with van der Waals surface area (Å²) in [5.41, 5.74) is 0. The third-order valence-electron chi connectivity index (χ3n) is 2.11. The minimum absolute atomic E-state index is 0.0839. The number of ether oxygens (including phenoxy) is 2. The van der Waals surface area contributed by atoms with E-state index in [0.717, 1.165) is 6.42 Å². The number of amides is 1. The Morgan fingerprint density at radius 2 is 2.19 bits per heavy atom. The molecule has 0 bridgehead atoms. The van der Waals surface area contributed by atoms with Crippen LogP contribution in [0.25, 0.3) is 0 Å². The van der Waals surface area contributed by atoms with E-state index < -0.39 is 0 Å². The average molecular weight is 227 g/mol. The van der Waals surface area contributed by atoms with Crippen molar-refractivity contribution in [1.82, 2.24) is 5.32 Å². The van der Waals surface area contributed by atoms with Gasteiger partial charge in [-0.25, -0.2) is 0 Å². The quantitative estimate of drug-likeness (QED) is 0.481. The van der Waals surface area contributed by atoms with Crippen LogP contribution in [0, 0.1) is 0 Å². The zero-order valence-electron chi connectivity index (χ0n) is 10.1. The van der Waals surface area contributed by atoms with Gasteiger partial charge in [0.25, 0.3) is 0 Å². The Kier molecular flexibility index (Phi) is 8.48. The van der Waals surface area contributed by atoms with E-state index in [1.807, 2.05) is 6.92 Å². The molecule has 0 aromatic rings. The fraction of sp³-hybridized carbons (Fsp3) is 0.583. The molecule has 1 N–H and O–H groups in total. The maximum atomic E-state index is 11.4. The monoisotopic (exact) mass is 227 g/mol. The summed E-state index contributed by atoms with van der Waals surface area (Å²) in [6.45, 7) is 9.39. The molecule has 2 atom stereocenters. The van der Waals surface area contributed by atoms with Gasteiger partial charge in [0.2, 0.25) is 5.91 Å². The summed E-state index contributed by atoms with van der Waals surface area (Å²) >= 11 is 0. The molecule has 0 rings (SSSR count). The van der Waals surface area contributed by atoms with Crippen LogP contribution in [0.3, 0.4) is 0 Å². The van der Waals surface area contributed by atoms with Crippen molar-refractivity contribution in [2.75, 3.05) is 13.9 Å². The molecule has 4 nitrogen and oxygen atoms in total. The van der Waals surface area contributed by atoms with Gasteiger partial charge in [-0.2, -0.15) is 0 Å². The van der Waals surface area contributed by atoms with Gasteiger partial charge >= 0.3 is 0 Å². The van der Waals surface area contributed by atoms with Crippen LogP contribution in [0.1, 0.15) is 19.8 Å². The van der Waals surface area contributed by atoms with E-state index in [4.69, 9.17) is 9.47 Å². The lowest BCUT2D eigenvalue weighted by Gasteiger charge is -2.24. The maximum absolute atomic E-state index is 11.4. The molecule has 0 heterocycles. The Morgan fingerprint density at radius 3 is 2.62 bits per heavy atom. The van der Waals surface area contributed by atoms with Crippen LogP contribution < -0.4 is 5.32 Å². The average Bonchev–Trinajstić information content (AvgIpc) is 2.28. The van der Waals surface area contributed by atoms with Crippen molar-refractivity contribution in [3.63, 3.8) is 0 Å². The summed E-state index contributed by atoms with van der Waals surface area (Å²) < 4.78 is 10.3. The van der Waals surface area contributed by atoms with Gasteiger partial charge in [0, 0.05) is 13.5 Å². The Labute approximate surface area is 97.3 Å². The number of carbonyl (C=O) groups is 1. The summed E-state index contributed by atoms with van der Waals surface area (Å²) in [5.74, 6) is -0.0839. The molecular weight excluding hydrogens is 206 g/mol. The summed E-state index contributed by atoms with van der Waals surface area (Å²) in [5, 5.41) is 2.82. The molecule has 4 heteroatoms. The first-order valence-corrected chi connectivity index (χ1v) is 5.32. The molecule has 0 fully saturated rings. The third-order valence-corrected chi connectivity index (χ3v) is 2.11. The summed E-state index contributed by atoms with van der Waals surface area (Å²) in [6, 6.07) is -0.201. The van der Waals surface area contributed by atoms with Gasteiger partial charge in [0.1, 0.15) is 6.79 Å². The fourth-order valence-electron chi connectivity index (χ4n) is 1.31. The molecule has 0 aromatic carbocycles. The first-order valence-electron chi connectivity index (χ1n) is 5.32. The van der Waals surface area contributed by atoms with E-state index in [-0.39, 0.29) is 24.8 Å². The standard InChI is InChI=1S/C12H21NO3/c1-5-8-12(14)13-10(6-2)11(7-3)16-9-15-4/h5-6,10-11H,1-2,7-9H2,3-4H3,(H,13,14)/t10-,11+/m0/s1. The largest absolute Gasteiger partial charge is 0.359 e. The molecule has 0 unspecified atom stereocenters. The van der Waals surface area contributed by atoms with Crippen LogP contribution in [-0.2, 0) is 14.3 Å². The molecule has 0 radical (unpaired) electrons. The Bertz CT molecular complexity index is 228. The highest BCUT2D eigenvalue weighted by atomic mass is 16.7. The number of hydrogen-bond donors (Lipinski definition) is 1. The summed E-state index contributed by atoms with van der Waals surface area (Å²) in [7, 11) is 1.56. The minimum atomic E-state index is -0.201. The van der Waals surface area contributed by atoms with Crippen molar-refractivity contribution >= 4 is 5.91 Å². The second kappa shape index (κ2) is 9.12. The number of rotatable bonds is 9. The summed E-state index contributed by atoms with van der Waals surface area (Å²) in [4.78, 5) is 11.4. The lowest BCUT2D eigenvalue weighted by atomic mass is 10.1. The van der Waals surface area contributed by atoms with Crippen LogP contribution in [-0.4, -0.2) is 32.0 Å². The fourth-order valence-corrected chi connectivity index (χ4v) is 1.31. The van der Waals surface area contributed by atoms with E-state index in [1.54, 1.807) is 19.3 Å². The van der Waals surface area contributed by atoms with Crippen LogP contribution in [0.5, 0.6) is 0 Å². The van der Waals surface area contributed by atoms with Gasteiger partial charge in [-0.3, -0.25) is 4.79 Å². The molecule has 0 saturated heterocycles. The number of nitrogens with one attached hydrogen (secondary N) is 1. The van der Waals surface area contributed by atoms with Gasteiger partial charge in [0.15, 0.2) is 0 Å². The first kappa shape index (κ1) is 14.9. The van der Waals surface area contributed by atoms with Crippen molar-refractivity contribution < 1.29 is 14.3 Å². The van der Waals surface area contributed by atoms with Gasteiger partial charge in [-0.15, -0.1) is 13.2 Å². The van der Waals surface area contributed by atoms with Gasteiger partial charge in [0.05, 0.1) is 12.1 Å². The highest BCUT2D eigenvalue weighted by Gasteiger charge is 2.19. The topological polar surface area (TPSA) is 47.6 Å². The smallest absolute Gasteiger partial charge is 0.224 e. The lowest BCUT2D eigenvalue weighted by Crippen LogP contribution is -2.43. The number of hydrogen-bond acceptors (Lipinski definition) is 3. The second-order valence-electron chi connectivity index (χ2n) is 3.34. The van der Waals surface area contributed by atoms with Gasteiger partial charge in [-0.05, 0) is 6.42 Å². The van der Waals surface area contributed by atoms with E-state index in [1.165, 1.54) is 0 Å². The zero-order chi connectivity index (χ0) is 12.4. The van der Waals surface area contributed by atoms with E-state index in [9.17, 15) is 4.79 Å². The Morgan fingerprint density at radius 1 is 1.50 bits per heavy atom. The van der Waals surface area contributed by atoms with Crippen LogP contribution in [0.2, 0.25) is 0 Å². The summed E-state index contributed by atoms with van der Waals surface area (Å²) in [6.07, 6.45) is 4.18. The van der Waals surface area contributed by atoms with Crippen molar-refractivity contribution in [3.05, 3.63) is 25.3 Å². The Balaban J connectivity index is 4.25. The zero-order valence-corrected chi connectivity index (χ0v) is 10.1. The molecule has 0 aliphatic rings. The highest BCUT2D eigenvalue weighted by Crippen LogP contribution is 2.06. The van der Waals surface area contributed by atoms with Crippen LogP contribution in [0.15, 0.2) is 25.3 Å². The number of methoxy groups -OCH3 is 1. The number of carbonyl (C=O) groups excluding carboxylic acids is 1. The lowest BCUT2D eigenvalue weighted by molar-refractivity contribution is -0.123. The molecule has 0 aromatic heterocycles. The van der Waals surface area contributed by atoms with E-state index >= 15 is 0 Å².